The Balaban J connectivity index is 1.53. The van der Waals surface area contributed by atoms with Gasteiger partial charge in [0.1, 0.15) is 6.04 Å². The smallest absolute Gasteiger partial charge is 0.326 e. The van der Waals surface area contributed by atoms with Gasteiger partial charge in [-0.3, -0.25) is 9.59 Å². The average Bonchev–Trinajstić information content (AvgIpc) is 3.08. The first-order valence-corrected chi connectivity index (χ1v) is 11.7. The third kappa shape index (κ3) is 4.69. The van der Waals surface area contributed by atoms with Crippen molar-refractivity contribution in [2.24, 2.45) is 5.92 Å². The van der Waals surface area contributed by atoms with Crippen molar-refractivity contribution in [3.63, 3.8) is 0 Å². The molecule has 1 unspecified atom stereocenters. The summed E-state index contributed by atoms with van der Waals surface area (Å²) >= 11 is 0. The highest BCUT2D eigenvalue weighted by Gasteiger charge is 2.38. The van der Waals surface area contributed by atoms with Crippen LogP contribution in [0.25, 0.3) is 11.1 Å². The Kier molecular flexibility index (Phi) is 6.48. The minimum Gasteiger partial charge on any atom is -0.480 e. The van der Waals surface area contributed by atoms with Crippen molar-refractivity contribution in [2.75, 3.05) is 5.32 Å². The second-order valence-electron chi connectivity index (χ2n) is 9.64. The lowest BCUT2D eigenvalue weighted by Gasteiger charge is -2.27. The molecule has 1 aliphatic heterocycles. The molecule has 2 N–H and O–H groups in total. The van der Waals surface area contributed by atoms with Gasteiger partial charge in [-0.05, 0) is 72.7 Å². The molecule has 35 heavy (non-hydrogen) atoms. The zero-order valence-electron chi connectivity index (χ0n) is 20.7. The van der Waals surface area contributed by atoms with Crippen molar-refractivity contribution in [2.45, 2.75) is 47.2 Å². The van der Waals surface area contributed by atoms with Gasteiger partial charge in [-0.25, -0.2) is 4.79 Å². The first kappa shape index (κ1) is 24.2. The molecule has 0 aromatic heterocycles. The van der Waals surface area contributed by atoms with Gasteiger partial charge in [-0.15, -0.1) is 0 Å². The van der Waals surface area contributed by atoms with Crippen LogP contribution in [0.2, 0.25) is 0 Å². The maximum absolute atomic E-state index is 13.0. The molecule has 0 radical (unpaired) electrons. The molecule has 0 fully saturated rings. The molecule has 1 heterocycles. The molecule has 2 amide bonds. The van der Waals surface area contributed by atoms with Crippen LogP contribution in [-0.4, -0.2) is 33.8 Å². The lowest BCUT2D eigenvalue weighted by Crippen LogP contribution is -2.44. The number of rotatable bonds is 6. The number of aryl methyl sites for hydroxylation is 3. The van der Waals surface area contributed by atoms with E-state index in [2.05, 4.69) is 5.32 Å². The number of aliphatic carboxylic acids is 1. The van der Waals surface area contributed by atoms with Gasteiger partial charge in [0.25, 0.3) is 11.8 Å². The van der Waals surface area contributed by atoms with E-state index in [1.165, 1.54) is 4.90 Å². The Morgan fingerprint density at radius 1 is 0.914 bits per heavy atom. The van der Waals surface area contributed by atoms with Gasteiger partial charge in [0, 0.05) is 23.4 Å². The van der Waals surface area contributed by atoms with Crippen LogP contribution in [0.1, 0.15) is 56.8 Å². The van der Waals surface area contributed by atoms with Crippen molar-refractivity contribution in [3.8, 4) is 11.1 Å². The quantitative estimate of drug-likeness (QED) is 0.491. The van der Waals surface area contributed by atoms with Gasteiger partial charge in [-0.2, -0.15) is 0 Å². The summed E-state index contributed by atoms with van der Waals surface area (Å²) in [5.74, 6) is -1.58. The van der Waals surface area contributed by atoms with E-state index < -0.39 is 12.0 Å². The standard InChI is InChI=1S/C29H30N2O4/c1-16(2)26(29(34)35)31-15-22-7-6-21(14-24(22)28(31)33)20-8-10-23(11-9-20)30-27(32)25-18(4)12-17(3)13-19(25)5/h6-14,16,26H,15H2,1-5H3,(H,30,32)(H,34,35). The summed E-state index contributed by atoms with van der Waals surface area (Å²) in [7, 11) is 0. The van der Waals surface area contributed by atoms with E-state index in [4.69, 9.17) is 0 Å². The highest BCUT2D eigenvalue weighted by Crippen LogP contribution is 2.31. The van der Waals surface area contributed by atoms with Gasteiger partial charge in [0.05, 0.1) is 0 Å². The van der Waals surface area contributed by atoms with E-state index >= 15 is 0 Å². The van der Waals surface area contributed by atoms with Crippen LogP contribution in [0, 0.1) is 26.7 Å². The summed E-state index contributed by atoms with van der Waals surface area (Å²) in [5, 5.41) is 12.6. The van der Waals surface area contributed by atoms with Crippen molar-refractivity contribution in [1.29, 1.82) is 0 Å². The van der Waals surface area contributed by atoms with E-state index in [0.717, 1.165) is 33.4 Å². The van der Waals surface area contributed by atoms with Gasteiger partial charge >= 0.3 is 5.97 Å². The van der Waals surface area contributed by atoms with Crippen LogP contribution in [-0.2, 0) is 11.3 Å². The second-order valence-corrected chi connectivity index (χ2v) is 9.64. The first-order chi connectivity index (χ1) is 16.6. The van der Waals surface area contributed by atoms with E-state index in [1.807, 2.05) is 89.2 Å². The zero-order chi connectivity index (χ0) is 25.4. The number of hydrogen-bond donors (Lipinski definition) is 2. The predicted octanol–water partition coefficient (Wildman–Crippen LogP) is 5.60. The van der Waals surface area contributed by atoms with Crippen molar-refractivity contribution in [1.82, 2.24) is 4.90 Å². The molecule has 1 atom stereocenters. The van der Waals surface area contributed by atoms with Crippen LogP contribution >= 0.6 is 0 Å². The molecule has 4 rings (SSSR count). The van der Waals surface area contributed by atoms with Crippen LogP contribution < -0.4 is 5.32 Å². The van der Waals surface area contributed by atoms with E-state index in [-0.39, 0.29) is 17.7 Å². The fraction of sp³-hybridized carbons (Fsp3) is 0.276. The lowest BCUT2D eigenvalue weighted by atomic mass is 9.98. The fourth-order valence-electron chi connectivity index (χ4n) is 4.98. The molecular formula is C29H30N2O4. The summed E-state index contributed by atoms with van der Waals surface area (Å²) in [6, 6.07) is 16.3. The number of anilines is 1. The Morgan fingerprint density at radius 3 is 2.09 bits per heavy atom. The molecule has 6 nitrogen and oxygen atoms in total. The number of carbonyl (C=O) groups is 3. The van der Waals surface area contributed by atoms with E-state index in [1.54, 1.807) is 0 Å². The number of amides is 2. The molecule has 3 aromatic carbocycles. The highest BCUT2D eigenvalue weighted by atomic mass is 16.4. The number of nitrogens with one attached hydrogen (secondary N) is 1. The van der Waals surface area contributed by atoms with Gasteiger partial charge in [-0.1, -0.05) is 55.8 Å². The summed E-state index contributed by atoms with van der Waals surface area (Å²) in [5.41, 5.74) is 7.50. The van der Waals surface area contributed by atoms with Gasteiger partial charge in [0.2, 0.25) is 0 Å². The lowest BCUT2D eigenvalue weighted by molar-refractivity contribution is -0.144. The summed E-state index contributed by atoms with van der Waals surface area (Å²) in [6.07, 6.45) is 0. The molecule has 180 valence electrons. The second kappa shape index (κ2) is 9.37. The molecule has 6 heteroatoms. The molecular weight excluding hydrogens is 440 g/mol. The maximum atomic E-state index is 13.0. The van der Waals surface area contributed by atoms with Crippen LogP contribution in [0.5, 0.6) is 0 Å². The summed E-state index contributed by atoms with van der Waals surface area (Å²) in [4.78, 5) is 39.1. The zero-order valence-corrected chi connectivity index (χ0v) is 20.7. The van der Waals surface area contributed by atoms with Gasteiger partial charge < -0.3 is 15.3 Å². The van der Waals surface area contributed by atoms with Crippen LogP contribution in [0.15, 0.2) is 54.6 Å². The minimum absolute atomic E-state index is 0.144. The Bertz CT molecular complexity index is 1300. The first-order valence-electron chi connectivity index (χ1n) is 11.7. The Hall–Kier alpha value is -3.93. The third-order valence-electron chi connectivity index (χ3n) is 6.54. The Morgan fingerprint density at radius 2 is 1.51 bits per heavy atom. The maximum Gasteiger partial charge on any atom is 0.326 e. The molecule has 0 bridgehead atoms. The average molecular weight is 471 g/mol. The monoisotopic (exact) mass is 470 g/mol. The van der Waals surface area contributed by atoms with Gasteiger partial charge in [0.15, 0.2) is 0 Å². The van der Waals surface area contributed by atoms with E-state index in [0.29, 0.717) is 23.4 Å². The summed E-state index contributed by atoms with van der Waals surface area (Å²) < 4.78 is 0. The Labute approximate surface area is 205 Å². The number of carboxylic acids is 1. The molecule has 0 spiro atoms. The number of carboxylic acid groups (broad SMARTS) is 1. The van der Waals surface area contributed by atoms with Crippen molar-refractivity contribution in [3.05, 3.63) is 88.0 Å². The minimum atomic E-state index is -0.991. The predicted molar refractivity (Wildman–Crippen MR) is 137 cm³/mol. The molecule has 0 saturated carbocycles. The van der Waals surface area contributed by atoms with Crippen molar-refractivity contribution < 1.29 is 19.5 Å². The normalized spacial score (nSPS) is 13.7. The number of hydrogen-bond acceptors (Lipinski definition) is 3. The summed E-state index contributed by atoms with van der Waals surface area (Å²) in [6.45, 7) is 9.80. The molecule has 0 aliphatic carbocycles. The van der Waals surface area contributed by atoms with Crippen LogP contribution in [0.4, 0.5) is 5.69 Å². The van der Waals surface area contributed by atoms with E-state index in [9.17, 15) is 19.5 Å². The fourth-order valence-corrected chi connectivity index (χ4v) is 4.98. The van der Waals surface area contributed by atoms with Crippen LogP contribution in [0.3, 0.4) is 0 Å². The molecule has 1 aliphatic rings. The highest BCUT2D eigenvalue weighted by molar-refractivity contribution is 6.06. The number of fused-ring (bicyclic) bond motifs is 1. The molecule has 0 saturated heterocycles. The van der Waals surface area contributed by atoms with Crippen molar-refractivity contribution >= 4 is 23.5 Å². The topological polar surface area (TPSA) is 86.7 Å². The number of benzene rings is 3. The SMILES string of the molecule is Cc1cc(C)c(C(=O)Nc2ccc(-c3ccc4c(c3)C(=O)N(C(C(=O)O)C(C)C)C4)cc2)c(C)c1. The largest absolute Gasteiger partial charge is 0.480 e. The third-order valence-corrected chi connectivity index (χ3v) is 6.54. The number of carbonyl (C=O) groups excluding carboxylic acids is 2. The molecule has 3 aromatic rings. The number of nitrogens with zero attached hydrogens (tertiary/aromatic N) is 1.